The fraction of sp³-hybridized carbons (Fsp3) is 0.185. The number of benzene rings is 3. The monoisotopic (exact) mass is 494 g/mol. The van der Waals surface area contributed by atoms with E-state index in [1.165, 1.54) is 12.1 Å². The number of halogens is 2. The number of carbonyl (C=O) groups is 1. The number of hydrogen-bond donors (Lipinski definition) is 1. The van der Waals surface area contributed by atoms with Crippen molar-refractivity contribution in [2.24, 2.45) is 0 Å². The van der Waals surface area contributed by atoms with Crippen molar-refractivity contribution in [1.82, 2.24) is 5.16 Å². The van der Waals surface area contributed by atoms with Crippen LogP contribution in [0.3, 0.4) is 0 Å². The third kappa shape index (κ3) is 6.26. The third-order valence-corrected chi connectivity index (χ3v) is 5.73. The minimum absolute atomic E-state index is 0.274. The van der Waals surface area contributed by atoms with Gasteiger partial charge in [-0.1, -0.05) is 71.4 Å². The Morgan fingerprint density at radius 3 is 2.31 bits per heavy atom. The van der Waals surface area contributed by atoms with Gasteiger partial charge in [-0.05, 0) is 43.2 Å². The molecule has 1 heterocycles. The van der Waals surface area contributed by atoms with Crippen molar-refractivity contribution in [2.75, 3.05) is 5.32 Å². The largest absolute Gasteiger partial charge is 0.441 e. The number of aromatic nitrogens is 1. The van der Waals surface area contributed by atoms with Gasteiger partial charge in [-0.2, -0.15) is 0 Å². The van der Waals surface area contributed by atoms with E-state index in [-0.39, 0.29) is 5.82 Å². The second kappa shape index (κ2) is 11.2. The zero-order valence-corrected chi connectivity index (χ0v) is 20.0. The Morgan fingerprint density at radius 2 is 1.66 bits per heavy atom. The number of anilines is 1. The molecule has 4 rings (SSSR count). The van der Waals surface area contributed by atoms with Crippen LogP contribution in [0.4, 0.5) is 14.9 Å². The minimum atomic E-state index is -0.643. The molecule has 0 saturated carbocycles. The van der Waals surface area contributed by atoms with Gasteiger partial charge in [-0.3, -0.25) is 5.32 Å². The van der Waals surface area contributed by atoms with Crippen molar-refractivity contribution in [3.8, 4) is 11.3 Å². The average Bonchev–Trinajstić information content (AvgIpc) is 3.20. The number of amides is 1. The summed E-state index contributed by atoms with van der Waals surface area (Å²) in [6, 6.07) is 20.9. The molecular weight excluding hydrogens is 471 g/mol. The van der Waals surface area contributed by atoms with E-state index in [9.17, 15) is 9.18 Å². The van der Waals surface area contributed by atoms with Gasteiger partial charge in [-0.15, -0.1) is 0 Å². The summed E-state index contributed by atoms with van der Waals surface area (Å²) in [7, 11) is 0. The number of nitrogens with one attached hydrogen (secondary N) is 1. The van der Waals surface area contributed by atoms with E-state index in [2.05, 4.69) is 10.5 Å². The van der Waals surface area contributed by atoms with Crippen LogP contribution in [0.25, 0.3) is 11.3 Å². The second-order valence-corrected chi connectivity index (χ2v) is 8.39. The van der Waals surface area contributed by atoms with Crippen molar-refractivity contribution in [3.63, 3.8) is 0 Å². The van der Waals surface area contributed by atoms with E-state index in [0.717, 1.165) is 16.7 Å². The van der Waals surface area contributed by atoms with Crippen LogP contribution in [0.1, 0.15) is 35.4 Å². The zero-order valence-electron chi connectivity index (χ0n) is 19.3. The first-order valence-electron chi connectivity index (χ1n) is 11.0. The highest BCUT2D eigenvalue weighted by Gasteiger charge is 2.20. The summed E-state index contributed by atoms with van der Waals surface area (Å²) in [5.41, 5.74) is 4.25. The Morgan fingerprint density at radius 1 is 1.03 bits per heavy atom. The van der Waals surface area contributed by atoms with Crippen LogP contribution in [0.2, 0.25) is 5.02 Å². The van der Waals surface area contributed by atoms with E-state index >= 15 is 0 Å². The summed E-state index contributed by atoms with van der Waals surface area (Å²) in [5.74, 6) is 0.146. The molecule has 180 valence electrons. The smallest absolute Gasteiger partial charge is 0.412 e. The lowest BCUT2D eigenvalue weighted by Gasteiger charge is -2.15. The maximum absolute atomic E-state index is 13.0. The van der Waals surface area contributed by atoms with Crippen LogP contribution in [0, 0.1) is 12.7 Å². The van der Waals surface area contributed by atoms with Crippen LogP contribution < -0.4 is 5.32 Å². The Kier molecular flexibility index (Phi) is 7.80. The Hall–Kier alpha value is -3.68. The zero-order chi connectivity index (χ0) is 24.8. The molecule has 0 spiro atoms. The SMILES string of the molecule is Cc1noc(-c2ccc(COCc3ccc(F)cc3)cc2)c1NC(=O)OC(C)c1ccccc1Cl. The molecule has 1 amide bonds. The molecule has 0 aliphatic heterocycles. The molecule has 0 radical (unpaired) electrons. The lowest BCUT2D eigenvalue weighted by atomic mass is 10.1. The molecule has 0 saturated heterocycles. The number of ether oxygens (including phenoxy) is 2. The molecule has 0 aliphatic rings. The number of carbonyl (C=O) groups excluding carboxylic acids is 1. The second-order valence-electron chi connectivity index (χ2n) is 7.98. The van der Waals surface area contributed by atoms with Gasteiger partial charge in [0.2, 0.25) is 0 Å². The summed E-state index contributed by atoms with van der Waals surface area (Å²) in [6.07, 6.45) is -1.18. The van der Waals surface area contributed by atoms with Gasteiger partial charge in [-0.25, -0.2) is 9.18 Å². The topological polar surface area (TPSA) is 73.6 Å². The third-order valence-electron chi connectivity index (χ3n) is 5.38. The molecule has 0 bridgehead atoms. The van der Waals surface area contributed by atoms with Gasteiger partial charge in [0, 0.05) is 16.1 Å². The summed E-state index contributed by atoms with van der Waals surface area (Å²) < 4.78 is 29.7. The number of rotatable bonds is 8. The maximum atomic E-state index is 13.0. The Bertz CT molecular complexity index is 1290. The molecule has 1 aromatic heterocycles. The Balaban J connectivity index is 1.38. The van der Waals surface area contributed by atoms with E-state index in [1.54, 1.807) is 38.1 Å². The van der Waals surface area contributed by atoms with Gasteiger partial charge < -0.3 is 14.0 Å². The molecule has 35 heavy (non-hydrogen) atoms. The van der Waals surface area contributed by atoms with Crippen LogP contribution in [-0.2, 0) is 22.7 Å². The van der Waals surface area contributed by atoms with Crippen molar-refractivity contribution < 1.29 is 23.2 Å². The van der Waals surface area contributed by atoms with Crippen LogP contribution in [0.5, 0.6) is 0 Å². The average molecular weight is 495 g/mol. The van der Waals surface area contributed by atoms with Crippen LogP contribution in [-0.4, -0.2) is 11.2 Å². The van der Waals surface area contributed by atoms with E-state index in [1.807, 2.05) is 36.4 Å². The highest BCUT2D eigenvalue weighted by Crippen LogP contribution is 2.32. The van der Waals surface area contributed by atoms with E-state index < -0.39 is 12.2 Å². The van der Waals surface area contributed by atoms with Gasteiger partial charge in [0.15, 0.2) is 5.76 Å². The van der Waals surface area contributed by atoms with Gasteiger partial charge in [0.25, 0.3) is 0 Å². The maximum Gasteiger partial charge on any atom is 0.412 e. The molecule has 3 aromatic carbocycles. The summed E-state index contributed by atoms with van der Waals surface area (Å²) >= 11 is 6.20. The van der Waals surface area contributed by atoms with E-state index in [0.29, 0.717) is 40.9 Å². The fourth-order valence-corrected chi connectivity index (χ4v) is 3.78. The summed E-state index contributed by atoms with van der Waals surface area (Å²) in [4.78, 5) is 12.6. The summed E-state index contributed by atoms with van der Waals surface area (Å²) in [6.45, 7) is 4.26. The first kappa shape index (κ1) is 24.4. The molecule has 8 heteroatoms. The molecule has 0 aliphatic carbocycles. The lowest BCUT2D eigenvalue weighted by Crippen LogP contribution is -2.17. The predicted molar refractivity (Wildman–Crippen MR) is 132 cm³/mol. The highest BCUT2D eigenvalue weighted by molar-refractivity contribution is 6.31. The quantitative estimate of drug-likeness (QED) is 0.275. The highest BCUT2D eigenvalue weighted by atomic mass is 35.5. The Labute approximate surface area is 207 Å². The predicted octanol–water partition coefficient (Wildman–Crippen LogP) is 7.47. The molecule has 1 N–H and O–H groups in total. The van der Waals surface area contributed by atoms with E-state index in [4.69, 9.17) is 25.6 Å². The standard InChI is InChI=1S/C27H24ClFN2O4/c1-17-25(30-27(32)34-18(2)23-5-3-4-6-24(23)28)26(35-31-17)21-11-7-19(8-12-21)15-33-16-20-9-13-22(29)14-10-20/h3-14,18H,15-16H2,1-2H3,(H,30,32). The van der Waals surface area contributed by atoms with Gasteiger partial charge >= 0.3 is 6.09 Å². The normalized spacial score (nSPS) is 11.8. The van der Waals surface area contributed by atoms with Crippen LogP contribution >= 0.6 is 11.6 Å². The molecule has 0 fully saturated rings. The summed E-state index contributed by atoms with van der Waals surface area (Å²) in [5, 5.41) is 7.25. The number of nitrogens with zero attached hydrogens (tertiary/aromatic N) is 1. The molecule has 1 atom stereocenters. The molecule has 1 unspecified atom stereocenters. The molecular formula is C27H24ClFN2O4. The lowest BCUT2D eigenvalue weighted by molar-refractivity contribution is 0.107. The number of hydrogen-bond acceptors (Lipinski definition) is 5. The molecule has 6 nitrogen and oxygen atoms in total. The minimum Gasteiger partial charge on any atom is -0.441 e. The fourth-order valence-electron chi connectivity index (χ4n) is 3.49. The van der Waals surface area contributed by atoms with Gasteiger partial charge in [0.05, 0.1) is 13.2 Å². The molecule has 4 aromatic rings. The van der Waals surface area contributed by atoms with Crippen molar-refractivity contribution in [2.45, 2.75) is 33.2 Å². The van der Waals surface area contributed by atoms with Gasteiger partial charge in [0.1, 0.15) is 23.3 Å². The first-order valence-corrected chi connectivity index (χ1v) is 11.4. The number of aryl methyl sites for hydroxylation is 1. The van der Waals surface area contributed by atoms with Crippen molar-refractivity contribution >= 4 is 23.4 Å². The first-order chi connectivity index (χ1) is 16.9. The van der Waals surface area contributed by atoms with Crippen LogP contribution in [0.15, 0.2) is 77.3 Å². The van der Waals surface area contributed by atoms with Crippen molar-refractivity contribution in [1.29, 1.82) is 0 Å². The van der Waals surface area contributed by atoms with Crippen molar-refractivity contribution in [3.05, 3.63) is 106 Å².